The number of β-lactam (4-membered cyclic amide) rings is 1. The molecule has 2 aliphatic heterocycles. The molecule has 0 aliphatic carbocycles. The van der Waals surface area contributed by atoms with Crippen LogP contribution in [0.15, 0.2) is 11.8 Å². The van der Waals surface area contributed by atoms with Crippen LogP contribution in [0.4, 0.5) is 0 Å². The number of rotatable bonds is 3. The molecule has 6 nitrogen and oxygen atoms in total. The predicted molar refractivity (Wildman–Crippen MR) is 77.4 cm³/mol. The standard InChI is InChI=1S/C13H18ClNO5S/c1-12(2,3)9(16)13(14)10(17)15-5-8(6-20-4)7-21(18,19)11(13)15/h5,11H,6-7H2,1-4H3/t11-,13-/m0/s1. The molecular formula is C13H18ClNO5S. The lowest BCUT2D eigenvalue weighted by atomic mass is 9.78. The Hall–Kier alpha value is -0.920. The van der Waals surface area contributed by atoms with Crippen LogP contribution in [-0.4, -0.2) is 54.7 Å². The number of methoxy groups -OCH3 is 1. The Morgan fingerprint density at radius 1 is 1.52 bits per heavy atom. The monoisotopic (exact) mass is 335 g/mol. The van der Waals surface area contributed by atoms with Crippen LogP contribution in [0.5, 0.6) is 0 Å². The molecule has 1 amide bonds. The number of carbonyl (C=O) groups is 2. The van der Waals surface area contributed by atoms with Crippen molar-refractivity contribution in [1.82, 2.24) is 4.90 Å². The van der Waals surface area contributed by atoms with Crippen LogP contribution in [0.2, 0.25) is 0 Å². The van der Waals surface area contributed by atoms with E-state index in [1.807, 2.05) is 0 Å². The quantitative estimate of drug-likeness (QED) is 0.431. The number of halogens is 1. The first-order valence-electron chi connectivity index (χ1n) is 6.43. The van der Waals surface area contributed by atoms with E-state index in [-0.39, 0.29) is 12.4 Å². The SMILES string of the molecule is COCC1=CN2C(=O)[C@@](Cl)(C(=O)C(C)(C)C)[C@@H]2S(=O)(=O)C1. The van der Waals surface area contributed by atoms with E-state index in [0.717, 1.165) is 4.90 Å². The van der Waals surface area contributed by atoms with Crippen molar-refractivity contribution in [3.05, 3.63) is 11.8 Å². The first kappa shape index (κ1) is 16.5. The van der Waals surface area contributed by atoms with E-state index in [0.29, 0.717) is 5.57 Å². The molecule has 0 bridgehead atoms. The molecule has 2 rings (SSSR count). The summed E-state index contributed by atoms with van der Waals surface area (Å²) in [5.74, 6) is -1.53. The third-order valence-corrected chi connectivity index (χ3v) is 6.23. The first-order chi connectivity index (χ1) is 9.46. The van der Waals surface area contributed by atoms with Gasteiger partial charge in [0, 0.05) is 18.7 Å². The summed E-state index contributed by atoms with van der Waals surface area (Å²) in [5, 5.41) is -1.33. The maximum Gasteiger partial charge on any atom is 0.259 e. The van der Waals surface area contributed by atoms with Gasteiger partial charge in [0.05, 0.1) is 12.4 Å². The van der Waals surface area contributed by atoms with Gasteiger partial charge < -0.3 is 4.74 Å². The molecule has 0 aromatic heterocycles. The second-order valence-electron chi connectivity index (χ2n) is 6.38. The molecule has 2 heterocycles. The van der Waals surface area contributed by atoms with Crippen molar-refractivity contribution in [2.75, 3.05) is 19.5 Å². The van der Waals surface area contributed by atoms with Gasteiger partial charge in [0.2, 0.25) is 4.87 Å². The summed E-state index contributed by atoms with van der Waals surface area (Å²) < 4.78 is 29.7. The number of nitrogens with zero attached hydrogens (tertiary/aromatic N) is 1. The van der Waals surface area contributed by atoms with Gasteiger partial charge >= 0.3 is 0 Å². The minimum atomic E-state index is -3.74. The van der Waals surface area contributed by atoms with Gasteiger partial charge in [0.25, 0.3) is 5.91 Å². The maximum atomic E-state index is 12.4. The molecule has 1 saturated heterocycles. The van der Waals surface area contributed by atoms with E-state index in [9.17, 15) is 18.0 Å². The second-order valence-corrected chi connectivity index (χ2v) is 9.04. The fourth-order valence-electron chi connectivity index (χ4n) is 2.66. The van der Waals surface area contributed by atoms with E-state index in [2.05, 4.69) is 0 Å². The number of ketones is 1. The van der Waals surface area contributed by atoms with Crippen molar-refractivity contribution in [3.63, 3.8) is 0 Å². The Morgan fingerprint density at radius 2 is 2.10 bits per heavy atom. The number of fused-ring (bicyclic) bond motifs is 1. The highest BCUT2D eigenvalue weighted by molar-refractivity contribution is 7.92. The predicted octanol–water partition coefficient (Wildman–Crippen LogP) is 0.706. The number of hydrogen-bond acceptors (Lipinski definition) is 5. The molecule has 0 saturated carbocycles. The molecule has 0 N–H and O–H groups in total. The average Bonchev–Trinajstić information content (AvgIpc) is 2.34. The third kappa shape index (κ3) is 2.31. The smallest absolute Gasteiger partial charge is 0.259 e. The Morgan fingerprint density at radius 3 is 2.57 bits per heavy atom. The molecule has 2 atom stereocenters. The zero-order valence-corrected chi connectivity index (χ0v) is 13.9. The van der Waals surface area contributed by atoms with Gasteiger partial charge in [-0.3, -0.25) is 14.5 Å². The largest absolute Gasteiger partial charge is 0.380 e. The van der Waals surface area contributed by atoms with Gasteiger partial charge in [-0.25, -0.2) is 8.42 Å². The van der Waals surface area contributed by atoms with Crippen molar-refractivity contribution in [2.45, 2.75) is 31.0 Å². The van der Waals surface area contributed by atoms with Crippen LogP contribution in [0.1, 0.15) is 20.8 Å². The molecule has 0 unspecified atom stereocenters. The van der Waals surface area contributed by atoms with Crippen LogP contribution in [-0.2, 0) is 24.2 Å². The normalized spacial score (nSPS) is 31.3. The van der Waals surface area contributed by atoms with E-state index < -0.39 is 37.2 Å². The molecule has 8 heteroatoms. The number of alkyl halides is 1. The highest BCUT2D eigenvalue weighted by Crippen LogP contribution is 2.47. The Labute approximate surface area is 129 Å². The van der Waals surface area contributed by atoms with Crippen LogP contribution in [0.3, 0.4) is 0 Å². The summed E-state index contributed by atoms with van der Waals surface area (Å²) in [4.78, 5) is 23.7. The molecule has 2 aliphatic rings. The van der Waals surface area contributed by atoms with E-state index in [4.69, 9.17) is 16.3 Å². The highest BCUT2D eigenvalue weighted by atomic mass is 35.5. The van der Waals surface area contributed by atoms with Crippen molar-refractivity contribution in [2.24, 2.45) is 5.41 Å². The van der Waals surface area contributed by atoms with Crippen LogP contribution in [0.25, 0.3) is 0 Å². The van der Waals surface area contributed by atoms with Crippen LogP contribution >= 0.6 is 11.6 Å². The Balaban J connectivity index is 2.46. The van der Waals surface area contributed by atoms with Crippen LogP contribution in [0, 0.1) is 5.41 Å². The summed E-state index contributed by atoms with van der Waals surface area (Å²) >= 11 is 6.20. The fourth-order valence-corrected chi connectivity index (χ4v) is 5.59. The molecule has 0 spiro atoms. The lowest BCUT2D eigenvalue weighted by molar-refractivity contribution is -0.152. The van der Waals surface area contributed by atoms with Crippen molar-refractivity contribution in [3.8, 4) is 0 Å². The van der Waals surface area contributed by atoms with Gasteiger partial charge in [-0.1, -0.05) is 32.4 Å². The molecule has 21 heavy (non-hydrogen) atoms. The first-order valence-corrected chi connectivity index (χ1v) is 8.52. The third-order valence-electron chi connectivity index (χ3n) is 3.53. The minimum Gasteiger partial charge on any atom is -0.380 e. The summed E-state index contributed by atoms with van der Waals surface area (Å²) in [5.41, 5.74) is -0.445. The second kappa shape index (κ2) is 4.79. The summed E-state index contributed by atoms with van der Waals surface area (Å²) in [6.07, 6.45) is 1.42. The maximum absolute atomic E-state index is 12.4. The molecule has 1 fully saturated rings. The highest BCUT2D eigenvalue weighted by Gasteiger charge is 2.71. The van der Waals surface area contributed by atoms with Crippen LogP contribution < -0.4 is 0 Å². The van der Waals surface area contributed by atoms with Gasteiger partial charge in [-0.2, -0.15) is 0 Å². The molecular weight excluding hydrogens is 318 g/mol. The van der Waals surface area contributed by atoms with Crippen molar-refractivity contribution < 1.29 is 22.7 Å². The van der Waals surface area contributed by atoms with Gasteiger partial charge in [0.1, 0.15) is 0 Å². The molecule has 118 valence electrons. The Kier molecular flexibility index (Phi) is 3.75. The fraction of sp³-hybridized carbons (Fsp3) is 0.692. The molecule has 0 aromatic rings. The number of hydrogen-bond donors (Lipinski definition) is 0. The lowest BCUT2D eigenvalue weighted by Crippen LogP contribution is -2.77. The topological polar surface area (TPSA) is 80.8 Å². The molecule has 0 aromatic carbocycles. The zero-order chi connectivity index (χ0) is 16.2. The van der Waals surface area contributed by atoms with Gasteiger partial charge in [0.15, 0.2) is 21.0 Å². The minimum absolute atomic E-state index is 0.109. The number of carbonyl (C=O) groups excluding carboxylic acids is 2. The van der Waals surface area contributed by atoms with E-state index >= 15 is 0 Å². The number of amides is 1. The number of ether oxygens (including phenoxy) is 1. The van der Waals surface area contributed by atoms with E-state index in [1.54, 1.807) is 20.8 Å². The summed E-state index contributed by atoms with van der Waals surface area (Å²) in [6.45, 7) is 4.93. The summed E-state index contributed by atoms with van der Waals surface area (Å²) in [6, 6.07) is 0. The number of sulfone groups is 1. The number of Topliss-reactive ketones (excluding diaryl/α,β-unsaturated/α-hetero) is 1. The lowest BCUT2D eigenvalue weighted by Gasteiger charge is -2.52. The van der Waals surface area contributed by atoms with Crippen molar-refractivity contribution >= 4 is 33.1 Å². The van der Waals surface area contributed by atoms with E-state index in [1.165, 1.54) is 13.3 Å². The van der Waals surface area contributed by atoms with Crippen molar-refractivity contribution in [1.29, 1.82) is 0 Å². The Bertz CT molecular complexity index is 633. The summed E-state index contributed by atoms with van der Waals surface area (Å²) in [7, 11) is -2.30. The molecule has 0 radical (unpaired) electrons. The van der Waals surface area contributed by atoms with Gasteiger partial charge in [-0.05, 0) is 5.57 Å². The van der Waals surface area contributed by atoms with Gasteiger partial charge in [-0.15, -0.1) is 0 Å². The zero-order valence-electron chi connectivity index (χ0n) is 12.3. The average molecular weight is 336 g/mol.